The van der Waals surface area contributed by atoms with Crippen LogP contribution >= 0.6 is 0 Å². The predicted molar refractivity (Wildman–Crippen MR) is 126 cm³/mol. The summed E-state index contributed by atoms with van der Waals surface area (Å²) in [4.78, 5) is 27.2. The fourth-order valence-electron chi connectivity index (χ4n) is 4.24. The van der Waals surface area contributed by atoms with E-state index in [1.165, 1.54) is 21.3 Å². The summed E-state index contributed by atoms with van der Waals surface area (Å²) in [6.45, 7) is 6.63. The number of carbonyl (C=O) groups excluding carboxylic acids is 2. The van der Waals surface area contributed by atoms with E-state index in [9.17, 15) is 18.0 Å². The fourth-order valence-corrected chi connectivity index (χ4v) is 5.70. The Balaban J connectivity index is 1.41. The SMILES string of the molecule is CCN(CC)S(=O)(=O)c1ccc(N2C[C@@H](C(=O)N[C@H](C)c3ccc4c(c3)OCO4)CC2=O)cc1. The lowest BCUT2D eigenvalue weighted by atomic mass is 10.0. The molecule has 2 heterocycles. The average Bonchev–Trinajstić information content (AvgIpc) is 3.45. The maximum absolute atomic E-state index is 12.9. The molecule has 2 aromatic carbocycles. The Morgan fingerprint density at radius 2 is 1.79 bits per heavy atom. The second-order valence-electron chi connectivity index (χ2n) is 8.33. The maximum Gasteiger partial charge on any atom is 0.243 e. The minimum atomic E-state index is -3.57. The molecule has 2 aromatic rings. The Morgan fingerprint density at radius 3 is 2.47 bits per heavy atom. The highest BCUT2D eigenvalue weighted by atomic mass is 32.2. The van der Waals surface area contributed by atoms with Crippen molar-refractivity contribution in [1.29, 1.82) is 0 Å². The van der Waals surface area contributed by atoms with E-state index in [2.05, 4.69) is 5.32 Å². The number of hydrogen-bond acceptors (Lipinski definition) is 6. The van der Waals surface area contributed by atoms with Crippen LogP contribution in [0.15, 0.2) is 47.4 Å². The molecule has 4 rings (SSSR count). The van der Waals surface area contributed by atoms with Gasteiger partial charge in [-0.25, -0.2) is 8.42 Å². The van der Waals surface area contributed by atoms with Crippen molar-refractivity contribution in [2.75, 3.05) is 31.3 Å². The minimum absolute atomic E-state index is 0.0964. The molecule has 2 amide bonds. The molecule has 0 saturated carbocycles. The molecule has 1 fully saturated rings. The summed E-state index contributed by atoms with van der Waals surface area (Å²) in [5, 5.41) is 2.98. The van der Waals surface area contributed by atoms with E-state index in [1.807, 2.05) is 25.1 Å². The van der Waals surface area contributed by atoms with E-state index in [0.29, 0.717) is 30.3 Å². The van der Waals surface area contributed by atoms with Crippen molar-refractivity contribution in [2.24, 2.45) is 5.92 Å². The van der Waals surface area contributed by atoms with Crippen LogP contribution in [-0.4, -0.2) is 51.0 Å². The zero-order chi connectivity index (χ0) is 24.5. The van der Waals surface area contributed by atoms with Gasteiger partial charge in [0, 0.05) is 31.7 Å². The number of sulfonamides is 1. The number of amides is 2. The Labute approximate surface area is 199 Å². The Morgan fingerprint density at radius 1 is 1.12 bits per heavy atom. The van der Waals surface area contributed by atoms with Crippen LogP contribution in [0.4, 0.5) is 5.69 Å². The van der Waals surface area contributed by atoms with Crippen LogP contribution in [0.3, 0.4) is 0 Å². The Kier molecular flexibility index (Phi) is 6.81. The van der Waals surface area contributed by atoms with Gasteiger partial charge < -0.3 is 19.7 Å². The largest absolute Gasteiger partial charge is 0.454 e. The van der Waals surface area contributed by atoms with Crippen molar-refractivity contribution in [3.63, 3.8) is 0 Å². The number of fused-ring (bicyclic) bond motifs is 1. The van der Waals surface area contributed by atoms with Crippen LogP contribution in [0.25, 0.3) is 0 Å². The third-order valence-electron chi connectivity index (χ3n) is 6.24. The molecular weight excluding hydrogens is 458 g/mol. The molecule has 0 aliphatic carbocycles. The van der Waals surface area contributed by atoms with E-state index in [4.69, 9.17) is 9.47 Å². The van der Waals surface area contributed by atoms with E-state index >= 15 is 0 Å². The monoisotopic (exact) mass is 487 g/mol. The number of benzene rings is 2. The van der Waals surface area contributed by atoms with Gasteiger partial charge in [-0.2, -0.15) is 4.31 Å². The number of nitrogens with one attached hydrogen (secondary N) is 1. The first-order valence-corrected chi connectivity index (χ1v) is 12.8. The summed E-state index contributed by atoms with van der Waals surface area (Å²) < 4.78 is 37.5. The van der Waals surface area contributed by atoms with Gasteiger partial charge in [0.15, 0.2) is 11.5 Å². The predicted octanol–water partition coefficient (Wildman–Crippen LogP) is 2.68. The van der Waals surface area contributed by atoms with Crippen LogP contribution < -0.4 is 19.7 Å². The third kappa shape index (κ3) is 4.60. The molecule has 1 saturated heterocycles. The van der Waals surface area contributed by atoms with Crippen molar-refractivity contribution in [3.8, 4) is 11.5 Å². The van der Waals surface area contributed by atoms with Gasteiger partial charge in [-0.15, -0.1) is 0 Å². The smallest absolute Gasteiger partial charge is 0.243 e. The summed E-state index contributed by atoms with van der Waals surface area (Å²) in [7, 11) is -3.57. The van der Waals surface area contributed by atoms with Crippen LogP contribution in [0, 0.1) is 5.92 Å². The van der Waals surface area contributed by atoms with Gasteiger partial charge in [-0.05, 0) is 48.9 Å². The topological polar surface area (TPSA) is 105 Å². The highest BCUT2D eigenvalue weighted by Gasteiger charge is 2.36. The lowest BCUT2D eigenvalue weighted by Crippen LogP contribution is -2.34. The molecule has 2 atom stereocenters. The molecule has 2 aliphatic heterocycles. The highest BCUT2D eigenvalue weighted by Crippen LogP contribution is 2.34. The van der Waals surface area contributed by atoms with Crippen molar-refractivity contribution in [2.45, 2.75) is 38.1 Å². The van der Waals surface area contributed by atoms with Gasteiger partial charge in [-0.3, -0.25) is 9.59 Å². The van der Waals surface area contributed by atoms with Crippen LogP contribution in [0.2, 0.25) is 0 Å². The van der Waals surface area contributed by atoms with Crippen molar-refractivity contribution >= 4 is 27.5 Å². The maximum atomic E-state index is 12.9. The number of nitrogens with zero attached hydrogens (tertiary/aromatic N) is 2. The number of anilines is 1. The first-order valence-electron chi connectivity index (χ1n) is 11.3. The molecule has 0 bridgehead atoms. The van der Waals surface area contributed by atoms with Crippen LogP contribution in [0.5, 0.6) is 11.5 Å². The van der Waals surface area contributed by atoms with E-state index in [0.717, 1.165) is 5.56 Å². The number of ether oxygens (including phenoxy) is 2. The van der Waals surface area contributed by atoms with Gasteiger partial charge in [-0.1, -0.05) is 19.9 Å². The van der Waals surface area contributed by atoms with Gasteiger partial charge >= 0.3 is 0 Å². The quantitative estimate of drug-likeness (QED) is 0.614. The normalized spacial score (nSPS) is 18.4. The summed E-state index contributed by atoms with van der Waals surface area (Å²) >= 11 is 0. The van der Waals surface area contributed by atoms with Gasteiger partial charge in [0.1, 0.15) is 0 Å². The third-order valence-corrected chi connectivity index (χ3v) is 8.31. The second-order valence-corrected chi connectivity index (χ2v) is 10.3. The molecule has 9 nitrogen and oxygen atoms in total. The van der Waals surface area contributed by atoms with Crippen LogP contribution in [0.1, 0.15) is 38.8 Å². The number of carbonyl (C=O) groups is 2. The molecule has 0 aromatic heterocycles. The molecule has 2 aliphatic rings. The van der Waals surface area contributed by atoms with Crippen LogP contribution in [-0.2, 0) is 19.6 Å². The number of hydrogen-bond donors (Lipinski definition) is 1. The lowest BCUT2D eigenvalue weighted by molar-refractivity contribution is -0.126. The molecule has 0 spiro atoms. The van der Waals surface area contributed by atoms with Crippen molar-refractivity contribution in [1.82, 2.24) is 9.62 Å². The van der Waals surface area contributed by atoms with Crippen molar-refractivity contribution < 1.29 is 27.5 Å². The Hall–Kier alpha value is -3.11. The van der Waals surface area contributed by atoms with Gasteiger partial charge in [0.25, 0.3) is 0 Å². The molecule has 34 heavy (non-hydrogen) atoms. The first-order chi connectivity index (χ1) is 16.2. The summed E-state index contributed by atoms with van der Waals surface area (Å²) in [6, 6.07) is 11.5. The van der Waals surface area contributed by atoms with E-state index in [1.54, 1.807) is 26.0 Å². The second kappa shape index (κ2) is 9.63. The fraction of sp³-hybridized carbons (Fsp3) is 0.417. The standard InChI is InChI=1S/C24H29N3O6S/c1-4-26(5-2)34(30,31)20-9-7-19(8-10-20)27-14-18(13-23(27)28)24(29)25-16(3)17-6-11-21-22(12-17)33-15-32-21/h6-12,16,18H,4-5,13-15H2,1-3H3,(H,25,29)/t16-,18+/m1/s1. The molecule has 10 heteroatoms. The minimum Gasteiger partial charge on any atom is -0.454 e. The summed E-state index contributed by atoms with van der Waals surface area (Å²) in [5.74, 6) is 0.447. The molecule has 0 radical (unpaired) electrons. The van der Waals surface area contributed by atoms with E-state index in [-0.39, 0.29) is 42.5 Å². The van der Waals surface area contributed by atoms with Crippen molar-refractivity contribution in [3.05, 3.63) is 48.0 Å². The summed E-state index contributed by atoms with van der Waals surface area (Å²) in [5.41, 5.74) is 1.45. The van der Waals surface area contributed by atoms with E-state index < -0.39 is 15.9 Å². The van der Waals surface area contributed by atoms with Gasteiger partial charge in [0.2, 0.25) is 28.6 Å². The summed E-state index contributed by atoms with van der Waals surface area (Å²) in [6.07, 6.45) is 0.0964. The molecule has 1 N–H and O–H groups in total. The lowest BCUT2D eigenvalue weighted by Gasteiger charge is -2.21. The molecular formula is C24H29N3O6S. The zero-order valence-corrected chi connectivity index (χ0v) is 20.3. The Bertz CT molecular complexity index is 1180. The molecule has 0 unspecified atom stereocenters. The average molecular weight is 488 g/mol. The first kappa shape index (κ1) is 24.0. The molecule has 182 valence electrons. The van der Waals surface area contributed by atoms with Gasteiger partial charge in [0.05, 0.1) is 16.9 Å². The zero-order valence-electron chi connectivity index (χ0n) is 19.5. The highest BCUT2D eigenvalue weighted by molar-refractivity contribution is 7.89. The number of rotatable bonds is 8.